The molecule has 36 heavy (non-hydrogen) atoms. The van der Waals surface area contributed by atoms with Gasteiger partial charge in [0.25, 0.3) is 0 Å². The van der Waals surface area contributed by atoms with Crippen LogP contribution in [-0.2, 0) is 14.9 Å². The number of urea groups is 1. The van der Waals surface area contributed by atoms with Crippen LogP contribution in [0.2, 0.25) is 0 Å². The Morgan fingerprint density at radius 2 is 1.81 bits per heavy atom. The molecule has 0 saturated heterocycles. The molecule has 3 amide bonds. The van der Waals surface area contributed by atoms with Gasteiger partial charge in [-0.1, -0.05) is 32.9 Å². The summed E-state index contributed by atoms with van der Waals surface area (Å²) in [6.07, 6.45) is 1.99. The molecule has 0 fully saturated rings. The van der Waals surface area contributed by atoms with Gasteiger partial charge >= 0.3 is 6.03 Å². The van der Waals surface area contributed by atoms with Gasteiger partial charge in [0.15, 0.2) is 0 Å². The molecule has 3 aromatic rings. The van der Waals surface area contributed by atoms with Crippen LogP contribution < -0.4 is 10.6 Å². The lowest BCUT2D eigenvalue weighted by Crippen LogP contribution is -2.42. The maximum Gasteiger partial charge on any atom is 0.322 e. The zero-order valence-electron chi connectivity index (χ0n) is 21.8. The zero-order valence-corrected chi connectivity index (χ0v) is 22.6. The molecular weight excluding hydrogens is 474 g/mol. The van der Waals surface area contributed by atoms with E-state index in [4.69, 9.17) is 9.84 Å². The Hall–Kier alpha value is -3.30. The van der Waals surface area contributed by atoms with E-state index in [1.807, 2.05) is 67.8 Å². The summed E-state index contributed by atoms with van der Waals surface area (Å²) in [4.78, 5) is 28.6. The zero-order chi connectivity index (χ0) is 26.3. The van der Waals surface area contributed by atoms with Crippen molar-refractivity contribution in [1.29, 1.82) is 0 Å². The highest BCUT2D eigenvalue weighted by atomic mass is 32.2. The second-order valence-electron chi connectivity index (χ2n) is 9.54. The summed E-state index contributed by atoms with van der Waals surface area (Å²) < 4.78 is 6.90. The Kier molecular flexibility index (Phi) is 9.17. The van der Waals surface area contributed by atoms with Gasteiger partial charge in [0.05, 0.1) is 18.0 Å². The second-order valence-corrected chi connectivity index (χ2v) is 10.4. The number of carbonyl (C=O) groups is 2. The summed E-state index contributed by atoms with van der Waals surface area (Å²) in [5, 5.41) is 10.6. The monoisotopic (exact) mass is 509 g/mol. The molecule has 1 heterocycles. The highest BCUT2D eigenvalue weighted by Crippen LogP contribution is 2.26. The van der Waals surface area contributed by atoms with Gasteiger partial charge in [0.1, 0.15) is 12.4 Å². The molecule has 0 atom stereocenters. The summed E-state index contributed by atoms with van der Waals surface area (Å²) in [7, 11) is 1.56. The number of hydrogen-bond acceptors (Lipinski definition) is 5. The van der Waals surface area contributed by atoms with Gasteiger partial charge in [-0.15, -0.1) is 11.8 Å². The fourth-order valence-electron chi connectivity index (χ4n) is 3.48. The fraction of sp³-hybridized carbons (Fsp3) is 0.370. The number of amides is 3. The molecule has 0 bridgehead atoms. The van der Waals surface area contributed by atoms with Gasteiger partial charge in [-0.3, -0.25) is 4.79 Å². The van der Waals surface area contributed by atoms with Crippen molar-refractivity contribution in [3.63, 3.8) is 0 Å². The number of carbonyl (C=O) groups excluding carboxylic acids is 2. The maximum atomic E-state index is 13.1. The number of methoxy groups -OCH3 is 1. The first-order valence-electron chi connectivity index (χ1n) is 11.8. The van der Waals surface area contributed by atoms with E-state index in [9.17, 15) is 9.59 Å². The number of rotatable bonds is 9. The molecule has 0 aliphatic heterocycles. The largest absolute Gasteiger partial charge is 0.383 e. The molecule has 9 heteroatoms. The van der Waals surface area contributed by atoms with E-state index < -0.39 is 0 Å². The number of thioether (sulfide) groups is 1. The summed E-state index contributed by atoms with van der Waals surface area (Å²) in [5.41, 5.74) is 3.24. The van der Waals surface area contributed by atoms with Crippen LogP contribution in [0.15, 0.2) is 59.5 Å². The van der Waals surface area contributed by atoms with Crippen LogP contribution in [0.1, 0.15) is 32.0 Å². The average Bonchev–Trinajstić information content (AvgIpc) is 3.26. The summed E-state index contributed by atoms with van der Waals surface area (Å²) in [6, 6.07) is 17.0. The van der Waals surface area contributed by atoms with Gasteiger partial charge in [-0.05, 0) is 55.1 Å². The van der Waals surface area contributed by atoms with Crippen molar-refractivity contribution in [3.8, 4) is 5.69 Å². The number of aromatic nitrogens is 2. The Morgan fingerprint density at radius 1 is 1.08 bits per heavy atom. The second kappa shape index (κ2) is 12.1. The molecule has 0 unspecified atom stereocenters. The van der Waals surface area contributed by atoms with Crippen LogP contribution in [-0.4, -0.2) is 59.7 Å². The molecule has 0 spiro atoms. The predicted molar refractivity (Wildman–Crippen MR) is 146 cm³/mol. The Bertz CT molecular complexity index is 1180. The maximum absolute atomic E-state index is 13.1. The number of anilines is 2. The van der Waals surface area contributed by atoms with Gasteiger partial charge in [0, 0.05) is 35.7 Å². The highest BCUT2D eigenvalue weighted by molar-refractivity contribution is 7.98. The molecule has 1 aromatic heterocycles. The molecule has 2 aromatic carbocycles. The summed E-state index contributed by atoms with van der Waals surface area (Å²) in [6.45, 7) is 8.67. The van der Waals surface area contributed by atoms with Crippen molar-refractivity contribution >= 4 is 35.2 Å². The van der Waals surface area contributed by atoms with Crippen LogP contribution in [0.5, 0.6) is 0 Å². The quantitative estimate of drug-likeness (QED) is 0.381. The van der Waals surface area contributed by atoms with Gasteiger partial charge in [0.2, 0.25) is 5.91 Å². The minimum atomic E-state index is -0.373. The Labute approximate surface area is 217 Å². The lowest BCUT2D eigenvalue weighted by Gasteiger charge is -2.22. The number of ether oxygens (including phenoxy) is 1. The van der Waals surface area contributed by atoms with Gasteiger partial charge in [-0.2, -0.15) is 5.10 Å². The topological polar surface area (TPSA) is 88.5 Å². The summed E-state index contributed by atoms with van der Waals surface area (Å²) >= 11 is 1.63. The third kappa shape index (κ3) is 7.35. The number of nitrogens with zero attached hydrogens (tertiary/aromatic N) is 3. The molecule has 192 valence electrons. The molecule has 0 aliphatic carbocycles. The van der Waals surface area contributed by atoms with Crippen molar-refractivity contribution in [2.45, 2.75) is 38.0 Å². The lowest BCUT2D eigenvalue weighted by atomic mass is 9.92. The van der Waals surface area contributed by atoms with Crippen molar-refractivity contribution in [2.24, 2.45) is 0 Å². The Morgan fingerprint density at radius 3 is 2.42 bits per heavy atom. The van der Waals surface area contributed by atoms with Crippen molar-refractivity contribution < 1.29 is 14.3 Å². The first-order valence-corrected chi connectivity index (χ1v) is 13.0. The molecule has 2 N–H and O–H groups in total. The Balaban J connectivity index is 1.79. The predicted octanol–water partition coefficient (Wildman–Crippen LogP) is 5.32. The van der Waals surface area contributed by atoms with Crippen molar-refractivity contribution in [1.82, 2.24) is 14.7 Å². The molecule has 0 aliphatic rings. The number of aryl methyl sites for hydroxylation is 1. The smallest absolute Gasteiger partial charge is 0.322 e. The normalized spacial score (nSPS) is 11.3. The SMILES string of the molecule is COCCN(CC(=O)Nc1cc(C(C)(C)C)nn1-c1cccc(C)c1)C(=O)Nc1ccc(SC)cc1. The van der Waals surface area contributed by atoms with Crippen molar-refractivity contribution in [2.75, 3.05) is 43.7 Å². The number of nitrogens with one attached hydrogen (secondary N) is 2. The van der Waals surface area contributed by atoms with Crippen LogP contribution in [0.25, 0.3) is 5.69 Å². The minimum Gasteiger partial charge on any atom is -0.383 e. The highest BCUT2D eigenvalue weighted by Gasteiger charge is 2.23. The van der Waals surface area contributed by atoms with E-state index in [1.54, 1.807) is 23.6 Å². The third-order valence-electron chi connectivity index (χ3n) is 5.52. The average molecular weight is 510 g/mol. The standard InChI is InChI=1S/C27H35N5O3S/c1-19-8-7-9-21(16-19)32-24(17-23(30-32)27(2,3)4)29-25(33)18-31(14-15-35-5)26(34)28-20-10-12-22(36-6)13-11-20/h7-13,16-17H,14-15,18H2,1-6H3,(H,28,34)(H,29,33). The van der Waals surface area contributed by atoms with Gasteiger partial charge in [-0.25, -0.2) is 9.48 Å². The molecular formula is C27H35N5O3S. The summed E-state index contributed by atoms with van der Waals surface area (Å²) in [5.74, 6) is 0.225. The van der Waals surface area contributed by atoms with Crippen LogP contribution in [0, 0.1) is 6.92 Å². The van der Waals surface area contributed by atoms with Crippen LogP contribution >= 0.6 is 11.8 Å². The van der Waals surface area contributed by atoms with E-state index >= 15 is 0 Å². The van der Waals surface area contributed by atoms with Crippen LogP contribution in [0.4, 0.5) is 16.3 Å². The third-order valence-corrected chi connectivity index (χ3v) is 6.26. The fourth-order valence-corrected chi connectivity index (χ4v) is 3.89. The molecule has 0 radical (unpaired) electrons. The molecule has 3 rings (SSSR count). The van der Waals surface area contributed by atoms with Gasteiger partial charge < -0.3 is 20.3 Å². The first-order chi connectivity index (χ1) is 17.1. The molecule has 0 saturated carbocycles. The van der Waals surface area contributed by atoms with Crippen molar-refractivity contribution in [3.05, 3.63) is 65.9 Å². The van der Waals surface area contributed by atoms with Crippen LogP contribution in [0.3, 0.4) is 0 Å². The van der Waals surface area contributed by atoms with E-state index in [0.717, 1.165) is 21.8 Å². The number of benzene rings is 2. The van der Waals surface area contributed by atoms with E-state index in [0.29, 0.717) is 18.1 Å². The number of hydrogen-bond donors (Lipinski definition) is 2. The van der Waals surface area contributed by atoms with E-state index in [-0.39, 0.29) is 30.4 Å². The molecule has 8 nitrogen and oxygen atoms in total. The van der Waals surface area contributed by atoms with E-state index in [2.05, 4.69) is 31.4 Å². The minimum absolute atomic E-state index is 0.137. The lowest BCUT2D eigenvalue weighted by molar-refractivity contribution is -0.116. The first kappa shape index (κ1) is 27.3. The van der Waals surface area contributed by atoms with E-state index in [1.165, 1.54) is 4.90 Å².